The van der Waals surface area contributed by atoms with Crippen LogP contribution >= 0.6 is 0 Å². The van der Waals surface area contributed by atoms with E-state index in [2.05, 4.69) is 10.1 Å². The lowest BCUT2D eigenvalue weighted by molar-refractivity contribution is 0.0696. The predicted molar refractivity (Wildman–Crippen MR) is 86.3 cm³/mol. The Morgan fingerprint density at radius 3 is 2.62 bits per heavy atom. The molecule has 0 saturated carbocycles. The van der Waals surface area contributed by atoms with Crippen molar-refractivity contribution in [2.24, 2.45) is 0 Å². The van der Waals surface area contributed by atoms with Crippen LogP contribution in [0.25, 0.3) is 22.8 Å². The number of hydrogen-bond acceptors (Lipinski definition) is 4. The molecule has 0 amide bonds. The van der Waals surface area contributed by atoms with Crippen molar-refractivity contribution in [3.8, 4) is 22.8 Å². The van der Waals surface area contributed by atoms with Crippen LogP contribution in [0.5, 0.6) is 0 Å². The van der Waals surface area contributed by atoms with Crippen molar-refractivity contribution in [1.82, 2.24) is 10.1 Å². The molecule has 0 aliphatic rings. The van der Waals surface area contributed by atoms with E-state index in [9.17, 15) is 14.3 Å². The van der Waals surface area contributed by atoms with Crippen molar-refractivity contribution in [2.45, 2.75) is 20.8 Å². The molecular weight excluding hydrogens is 311 g/mol. The first-order valence-corrected chi connectivity index (χ1v) is 7.32. The first-order valence-electron chi connectivity index (χ1n) is 7.32. The van der Waals surface area contributed by atoms with E-state index in [1.165, 1.54) is 0 Å². The fourth-order valence-corrected chi connectivity index (χ4v) is 2.57. The molecule has 6 heteroatoms. The number of carbonyl (C=O) groups is 1. The summed E-state index contributed by atoms with van der Waals surface area (Å²) in [7, 11) is 0. The van der Waals surface area contributed by atoms with Gasteiger partial charge in [0, 0.05) is 5.56 Å². The van der Waals surface area contributed by atoms with E-state index in [1.807, 2.05) is 0 Å². The van der Waals surface area contributed by atoms with Gasteiger partial charge in [-0.05, 0) is 55.7 Å². The lowest BCUT2D eigenvalue weighted by Gasteiger charge is -2.07. The zero-order valence-electron chi connectivity index (χ0n) is 13.4. The Hall–Kier alpha value is -3.02. The summed E-state index contributed by atoms with van der Waals surface area (Å²) in [5.74, 6) is -1.15. The first-order chi connectivity index (χ1) is 11.4. The molecule has 1 heterocycles. The van der Waals surface area contributed by atoms with Gasteiger partial charge in [0.2, 0.25) is 5.82 Å². The third-order valence-corrected chi connectivity index (χ3v) is 3.87. The number of carboxylic acid groups (broad SMARTS) is 1. The maximum Gasteiger partial charge on any atom is 0.335 e. The van der Waals surface area contributed by atoms with E-state index in [1.54, 1.807) is 51.1 Å². The number of halogens is 1. The highest BCUT2D eigenvalue weighted by atomic mass is 19.1. The molecule has 0 spiro atoms. The summed E-state index contributed by atoms with van der Waals surface area (Å²) >= 11 is 0. The Morgan fingerprint density at radius 1 is 1.17 bits per heavy atom. The largest absolute Gasteiger partial charge is 0.478 e. The number of aryl methyl sites for hydroxylation is 2. The van der Waals surface area contributed by atoms with Gasteiger partial charge in [0.25, 0.3) is 5.89 Å². The predicted octanol–water partition coefficient (Wildman–Crippen LogP) is 4.17. The van der Waals surface area contributed by atoms with E-state index >= 15 is 0 Å². The van der Waals surface area contributed by atoms with Crippen molar-refractivity contribution < 1.29 is 18.8 Å². The second-order valence-electron chi connectivity index (χ2n) is 5.65. The number of rotatable bonds is 3. The quantitative estimate of drug-likeness (QED) is 0.782. The second-order valence-corrected chi connectivity index (χ2v) is 5.65. The summed E-state index contributed by atoms with van der Waals surface area (Å²) in [6.45, 7) is 5.12. The smallest absolute Gasteiger partial charge is 0.335 e. The molecule has 0 atom stereocenters. The van der Waals surface area contributed by atoms with Gasteiger partial charge in [0.1, 0.15) is 5.82 Å². The van der Waals surface area contributed by atoms with Gasteiger partial charge in [-0.15, -0.1) is 0 Å². The zero-order valence-corrected chi connectivity index (χ0v) is 13.4. The molecule has 0 saturated heterocycles. The molecular formula is C18H15FN2O3. The second kappa shape index (κ2) is 5.88. The van der Waals surface area contributed by atoms with Crippen LogP contribution < -0.4 is 0 Å². The molecule has 2 aromatic carbocycles. The molecule has 5 nitrogen and oxygen atoms in total. The van der Waals surface area contributed by atoms with E-state index in [-0.39, 0.29) is 22.8 Å². The summed E-state index contributed by atoms with van der Waals surface area (Å²) in [5, 5.41) is 13.2. The van der Waals surface area contributed by atoms with Gasteiger partial charge in [0.05, 0.1) is 11.1 Å². The van der Waals surface area contributed by atoms with Crippen molar-refractivity contribution >= 4 is 5.97 Å². The number of aromatic nitrogens is 2. The molecule has 0 aliphatic heterocycles. The number of aromatic carboxylic acids is 1. The Kier molecular flexibility index (Phi) is 3.89. The van der Waals surface area contributed by atoms with Crippen LogP contribution in [0.4, 0.5) is 4.39 Å². The summed E-state index contributed by atoms with van der Waals surface area (Å²) in [4.78, 5) is 15.6. The number of carboxylic acids is 1. The van der Waals surface area contributed by atoms with Crippen LogP contribution in [-0.4, -0.2) is 21.2 Å². The molecule has 0 unspecified atom stereocenters. The third-order valence-electron chi connectivity index (χ3n) is 3.87. The van der Waals surface area contributed by atoms with Crippen molar-refractivity contribution in [1.29, 1.82) is 0 Å². The normalized spacial score (nSPS) is 10.8. The molecule has 0 aliphatic carbocycles. The minimum Gasteiger partial charge on any atom is -0.478 e. The summed E-state index contributed by atoms with van der Waals surface area (Å²) in [5.41, 5.74) is 2.73. The van der Waals surface area contributed by atoms with Gasteiger partial charge in [-0.3, -0.25) is 0 Å². The average Bonchev–Trinajstić information content (AvgIpc) is 3.01. The number of hydrogen-bond donors (Lipinski definition) is 1. The van der Waals surface area contributed by atoms with E-state index < -0.39 is 11.8 Å². The Bertz CT molecular complexity index is 947. The summed E-state index contributed by atoms with van der Waals surface area (Å²) in [6.07, 6.45) is 0. The van der Waals surface area contributed by atoms with Gasteiger partial charge in [-0.2, -0.15) is 4.98 Å². The van der Waals surface area contributed by atoms with Crippen LogP contribution in [0, 0.1) is 26.6 Å². The standard InChI is InChI=1S/C18H15FN2O3/c1-9-7-13(11(3)14(8-9)18(22)23)16-20-17(24-21-16)12-6-4-5-10(2)15(12)19/h4-8H,1-3H3,(H,22,23). The molecule has 1 aromatic heterocycles. The van der Waals surface area contributed by atoms with Crippen LogP contribution in [0.3, 0.4) is 0 Å². The number of benzene rings is 2. The van der Waals surface area contributed by atoms with Gasteiger partial charge in [-0.1, -0.05) is 17.3 Å². The lowest BCUT2D eigenvalue weighted by atomic mass is 9.99. The summed E-state index contributed by atoms with van der Waals surface area (Å²) < 4.78 is 19.4. The van der Waals surface area contributed by atoms with E-state index in [0.717, 1.165) is 5.56 Å². The molecule has 0 radical (unpaired) electrons. The van der Waals surface area contributed by atoms with Crippen LogP contribution in [-0.2, 0) is 0 Å². The Labute approximate surface area is 137 Å². The third kappa shape index (κ3) is 2.67. The first kappa shape index (κ1) is 15.9. The molecule has 0 fully saturated rings. The van der Waals surface area contributed by atoms with E-state index in [0.29, 0.717) is 16.7 Å². The Balaban J connectivity index is 2.12. The topological polar surface area (TPSA) is 76.2 Å². The minimum absolute atomic E-state index is 0.0592. The highest BCUT2D eigenvalue weighted by Gasteiger charge is 2.19. The molecule has 3 rings (SSSR count). The lowest BCUT2D eigenvalue weighted by Crippen LogP contribution is -2.02. The zero-order chi connectivity index (χ0) is 17.4. The maximum atomic E-state index is 14.2. The van der Waals surface area contributed by atoms with Crippen LogP contribution in [0.1, 0.15) is 27.0 Å². The van der Waals surface area contributed by atoms with Gasteiger partial charge >= 0.3 is 5.97 Å². The van der Waals surface area contributed by atoms with Crippen molar-refractivity contribution in [3.05, 3.63) is 58.4 Å². The fraction of sp³-hybridized carbons (Fsp3) is 0.167. The van der Waals surface area contributed by atoms with E-state index in [4.69, 9.17) is 4.52 Å². The van der Waals surface area contributed by atoms with Crippen molar-refractivity contribution in [2.75, 3.05) is 0 Å². The molecule has 3 aromatic rings. The maximum absolute atomic E-state index is 14.2. The summed E-state index contributed by atoms with van der Waals surface area (Å²) in [6, 6.07) is 8.29. The Morgan fingerprint density at radius 2 is 1.92 bits per heavy atom. The molecule has 0 bridgehead atoms. The van der Waals surface area contributed by atoms with Gasteiger partial charge in [-0.25, -0.2) is 9.18 Å². The van der Waals surface area contributed by atoms with Crippen LogP contribution in [0.15, 0.2) is 34.9 Å². The molecule has 1 N–H and O–H groups in total. The SMILES string of the molecule is Cc1cc(C(=O)O)c(C)c(-c2noc(-c3cccc(C)c3F)n2)c1. The average molecular weight is 326 g/mol. The highest BCUT2D eigenvalue weighted by Crippen LogP contribution is 2.29. The highest BCUT2D eigenvalue weighted by molar-refractivity contribution is 5.92. The monoisotopic (exact) mass is 326 g/mol. The van der Waals surface area contributed by atoms with Gasteiger partial charge in [0.15, 0.2) is 0 Å². The number of nitrogens with zero attached hydrogens (tertiary/aromatic N) is 2. The molecule has 122 valence electrons. The fourth-order valence-electron chi connectivity index (χ4n) is 2.57. The van der Waals surface area contributed by atoms with Crippen LogP contribution in [0.2, 0.25) is 0 Å². The minimum atomic E-state index is -1.02. The molecule has 24 heavy (non-hydrogen) atoms. The van der Waals surface area contributed by atoms with Crippen molar-refractivity contribution in [3.63, 3.8) is 0 Å². The van der Waals surface area contributed by atoms with Gasteiger partial charge < -0.3 is 9.63 Å².